The number of hydrogen-bond acceptors (Lipinski definition) is 5. The summed E-state index contributed by atoms with van der Waals surface area (Å²) in [4.78, 5) is 23.2. The van der Waals surface area contributed by atoms with E-state index in [-0.39, 0.29) is 0 Å². The van der Waals surface area contributed by atoms with Gasteiger partial charge in [0, 0.05) is 11.6 Å². The van der Waals surface area contributed by atoms with E-state index in [4.69, 9.17) is 5.84 Å². The summed E-state index contributed by atoms with van der Waals surface area (Å²) < 4.78 is 53.6. The standard InChI is InChI=1S/C20H13F4N5OS/c21-15-7-6-12(20(22,23)24)8-16(15)29(25)19(30)28(13-4-2-1-3-5-13)17-10-31-18-14(17)9-26-11-27-18/h1-11H,25H2. The number of halogens is 4. The summed E-state index contributed by atoms with van der Waals surface area (Å²) in [6, 6.07) is 9.02. The number of aromatic nitrogens is 2. The van der Waals surface area contributed by atoms with E-state index < -0.39 is 29.3 Å². The molecule has 2 N–H and O–H groups in total. The fourth-order valence-corrected chi connectivity index (χ4v) is 3.80. The van der Waals surface area contributed by atoms with Gasteiger partial charge in [-0.3, -0.25) is 4.90 Å². The van der Waals surface area contributed by atoms with Crippen LogP contribution in [-0.2, 0) is 6.18 Å². The third-order valence-corrected chi connectivity index (χ3v) is 5.31. The van der Waals surface area contributed by atoms with Gasteiger partial charge in [0.15, 0.2) is 0 Å². The number of thiophene rings is 1. The number of fused-ring (bicyclic) bond motifs is 1. The van der Waals surface area contributed by atoms with E-state index in [2.05, 4.69) is 9.97 Å². The van der Waals surface area contributed by atoms with Gasteiger partial charge < -0.3 is 0 Å². The first-order valence-corrected chi connectivity index (χ1v) is 9.63. The summed E-state index contributed by atoms with van der Waals surface area (Å²) in [6.07, 6.45) is -1.88. The number of nitrogens with two attached hydrogens (primary N) is 1. The molecule has 0 spiro atoms. The lowest BCUT2D eigenvalue weighted by Crippen LogP contribution is -2.46. The molecule has 2 heterocycles. The summed E-state index contributed by atoms with van der Waals surface area (Å²) in [5.41, 5.74) is -1.11. The van der Waals surface area contributed by atoms with Crippen LogP contribution < -0.4 is 15.8 Å². The molecule has 0 fully saturated rings. The minimum atomic E-state index is -4.73. The maximum atomic E-state index is 14.4. The fraction of sp³-hybridized carbons (Fsp3) is 0.0500. The van der Waals surface area contributed by atoms with Crippen molar-refractivity contribution in [3.8, 4) is 0 Å². The lowest BCUT2D eigenvalue weighted by atomic mass is 10.2. The van der Waals surface area contributed by atoms with Gasteiger partial charge in [0.05, 0.1) is 28.0 Å². The molecule has 0 aliphatic heterocycles. The Kier molecular flexibility index (Phi) is 5.29. The van der Waals surface area contributed by atoms with Crippen molar-refractivity contribution in [3.63, 3.8) is 0 Å². The lowest BCUT2D eigenvalue weighted by Gasteiger charge is -2.28. The summed E-state index contributed by atoms with van der Waals surface area (Å²) in [5, 5.41) is 2.52. The second-order valence-electron chi connectivity index (χ2n) is 6.35. The van der Waals surface area contributed by atoms with Crippen LogP contribution in [0.15, 0.2) is 66.4 Å². The molecule has 2 aromatic carbocycles. The number of hydrogen-bond donors (Lipinski definition) is 1. The second-order valence-corrected chi connectivity index (χ2v) is 7.21. The van der Waals surface area contributed by atoms with Crippen LogP contribution in [0.25, 0.3) is 10.2 Å². The fourth-order valence-electron chi connectivity index (χ4n) is 2.95. The average molecular weight is 447 g/mol. The molecule has 11 heteroatoms. The number of urea groups is 1. The summed E-state index contributed by atoms with van der Waals surface area (Å²) in [7, 11) is 0. The number of carbonyl (C=O) groups is 1. The number of hydrazine groups is 1. The molecule has 2 aromatic heterocycles. The van der Waals surface area contributed by atoms with E-state index in [1.807, 2.05) is 0 Å². The first-order valence-electron chi connectivity index (χ1n) is 8.75. The molecule has 2 amide bonds. The highest BCUT2D eigenvalue weighted by molar-refractivity contribution is 7.17. The van der Waals surface area contributed by atoms with Crippen LogP contribution in [0.2, 0.25) is 0 Å². The third kappa shape index (κ3) is 3.92. The minimum Gasteiger partial charge on any atom is -0.260 e. The average Bonchev–Trinajstić information content (AvgIpc) is 3.17. The smallest absolute Gasteiger partial charge is 0.260 e. The van der Waals surface area contributed by atoms with Gasteiger partial charge in [-0.05, 0) is 30.3 Å². The number of amides is 2. The zero-order valence-corrected chi connectivity index (χ0v) is 16.4. The van der Waals surface area contributed by atoms with Gasteiger partial charge in [0.1, 0.15) is 17.0 Å². The summed E-state index contributed by atoms with van der Waals surface area (Å²) >= 11 is 1.24. The van der Waals surface area contributed by atoms with E-state index in [9.17, 15) is 22.4 Å². The van der Waals surface area contributed by atoms with Crippen molar-refractivity contribution in [1.82, 2.24) is 9.97 Å². The number of alkyl halides is 3. The van der Waals surface area contributed by atoms with Crippen LogP contribution in [0.4, 0.5) is 39.4 Å². The van der Waals surface area contributed by atoms with Crippen LogP contribution in [-0.4, -0.2) is 16.0 Å². The summed E-state index contributed by atoms with van der Waals surface area (Å²) in [6.45, 7) is 0. The van der Waals surface area contributed by atoms with Crippen molar-refractivity contribution < 1.29 is 22.4 Å². The van der Waals surface area contributed by atoms with Crippen LogP contribution in [0.1, 0.15) is 5.56 Å². The SMILES string of the molecule is NN(C(=O)N(c1ccccc1)c1csc2ncncc12)c1cc(C(F)(F)F)ccc1F. The Labute approximate surface area is 177 Å². The van der Waals surface area contributed by atoms with E-state index in [1.165, 1.54) is 28.8 Å². The van der Waals surface area contributed by atoms with Crippen LogP contribution in [0.3, 0.4) is 0 Å². The quantitative estimate of drug-likeness (QED) is 0.195. The number of benzene rings is 2. The van der Waals surface area contributed by atoms with Crippen molar-refractivity contribution in [2.45, 2.75) is 6.18 Å². The largest absolute Gasteiger partial charge is 0.416 e. The predicted octanol–water partition coefficient (Wildman–Crippen LogP) is 5.49. The molecule has 0 atom stereocenters. The molecular formula is C20H13F4N5OS. The highest BCUT2D eigenvalue weighted by Crippen LogP contribution is 2.37. The molecule has 158 valence electrons. The van der Waals surface area contributed by atoms with Crippen molar-refractivity contribution in [1.29, 1.82) is 0 Å². The Balaban J connectivity index is 1.82. The monoisotopic (exact) mass is 447 g/mol. The molecular weight excluding hydrogens is 434 g/mol. The van der Waals surface area contributed by atoms with Gasteiger partial charge in [-0.1, -0.05) is 18.2 Å². The number of rotatable bonds is 3. The van der Waals surface area contributed by atoms with Crippen molar-refractivity contribution in [2.75, 3.05) is 9.91 Å². The Hall–Kier alpha value is -3.57. The number of nitrogens with zero attached hydrogens (tertiary/aromatic N) is 4. The Morgan fingerprint density at radius 1 is 1.06 bits per heavy atom. The van der Waals surface area contributed by atoms with Crippen molar-refractivity contribution in [3.05, 3.63) is 77.8 Å². The lowest BCUT2D eigenvalue weighted by molar-refractivity contribution is -0.137. The van der Waals surface area contributed by atoms with Gasteiger partial charge in [0.25, 0.3) is 0 Å². The van der Waals surface area contributed by atoms with E-state index in [0.717, 1.165) is 0 Å². The highest BCUT2D eigenvalue weighted by atomic mass is 32.1. The minimum absolute atomic E-state index is 0.352. The predicted molar refractivity (Wildman–Crippen MR) is 109 cm³/mol. The topological polar surface area (TPSA) is 75.3 Å². The second kappa shape index (κ2) is 7.93. The first-order chi connectivity index (χ1) is 14.8. The highest BCUT2D eigenvalue weighted by Gasteiger charge is 2.33. The Morgan fingerprint density at radius 3 is 2.52 bits per heavy atom. The maximum Gasteiger partial charge on any atom is 0.416 e. The van der Waals surface area contributed by atoms with Gasteiger partial charge in [-0.15, -0.1) is 11.3 Å². The Bertz CT molecular complexity index is 1250. The molecule has 0 bridgehead atoms. The van der Waals surface area contributed by atoms with Crippen molar-refractivity contribution in [2.24, 2.45) is 5.84 Å². The molecule has 0 radical (unpaired) electrons. The molecule has 0 aliphatic rings. The van der Waals surface area contributed by atoms with E-state index in [1.54, 1.807) is 35.7 Å². The molecule has 0 saturated heterocycles. The molecule has 0 saturated carbocycles. The summed E-state index contributed by atoms with van der Waals surface area (Å²) in [5.74, 6) is 4.77. The van der Waals surface area contributed by atoms with Crippen molar-refractivity contribution >= 4 is 44.6 Å². The molecule has 6 nitrogen and oxygen atoms in total. The molecule has 4 rings (SSSR count). The van der Waals surface area contributed by atoms with E-state index in [0.29, 0.717) is 44.8 Å². The molecule has 31 heavy (non-hydrogen) atoms. The first kappa shape index (κ1) is 20.7. The van der Waals surface area contributed by atoms with Crippen LogP contribution >= 0.6 is 11.3 Å². The van der Waals surface area contributed by atoms with E-state index >= 15 is 0 Å². The van der Waals surface area contributed by atoms with Gasteiger partial charge in [0.2, 0.25) is 0 Å². The zero-order chi connectivity index (χ0) is 22.2. The normalized spacial score (nSPS) is 11.5. The van der Waals surface area contributed by atoms with Gasteiger partial charge >= 0.3 is 12.2 Å². The maximum absolute atomic E-state index is 14.4. The van der Waals surface area contributed by atoms with Crippen LogP contribution in [0, 0.1) is 5.82 Å². The van der Waals surface area contributed by atoms with Gasteiger partial charge in [-0.2, -0.15) is 13.2 Å². The molecule has 0 unspecified atom stereocenters. The van der Waals surface area contributed by atoms with Crippen LogP contribution in [0.5, 0.6) is 0 Å². The third-order valence-electron chi connectivity index (χ3n) is 4.42. The molecule has 0 aliphatic carbocycles. The number of para-hydroxylation sites is 1. The Morgan fingerprint density at radius 2 is 1.81 bits per heavy atom. The number of carbonyl (C=O) groups excluding carboxylic acids is 1. The van der Waals surface area contributed by atoms with Gasteiger partial charge in [-0.25, -0.2) is 30.0 Å². The zero-order valence-electron chi connectivity index (χ0n) is 15.5. The number of anilines is 3. The molecule has 4 aromatic rings.